The summed E-state index contributed by atoms with van der Waals surface area (Å²) in [6, 6.07) is 2.11. The highest BCUT2D eigenvalue weighted by Gasteiger charge is 2.45. The van der Waals surface area contributed by atoms with Gasteiger partial charge in [0.1, 0.15) is 0 Å². The fraction of sp³-hybridized carbons (Fsp3) is 0.619. The van der Waals surface area contributed by atoms with E-state index in [9.17, 15) is 36.6 Å². The fourth-order valence-corrected chi connectivity index (χ4v) is 4.84. The number of halogens is 5. The SMILES string of the molecule is O=C(O)N[C@H](c1cn2nc(CC3C[C@@H](C(F)(F)F)CNC3=O)ccc2n1)[C@H]1CCCC(F)(F)C1. The highest BCUT2D eigenvalue weighted by atomic mass is 19.4. The first kappa shape index (κ1) is 24.1. The minimum atomic E-state index is -4.41. The maximum atomic E-state index is 14.0. The van der Waals surface area contributed by atoms with Crippen molar-refractivity contribution in [3.05, 3.63) is 29.7 Å². The molecule has 4 atom stereocenters. The van der Waals surface area contributed by atoms with Gasteiger partial charge in [0.2, 0.25) is 11.8 Å². The highest BCUT2D eigenvalue weighted by molar-refractivity contribution is 5.79. The van der Waals surface area contributed by atoms with Gasteiger partial charge in [-0.05, 0) is 37.3 Å². The summed E-state index contributed by atoms with van der Waals surface area (Å²) < 4.78 is 68.5. The Hall–Kier alpha value is -2.99. The van der Waals surface area contributed by atoms with Crippen molar-refractivity contribution in [2.75, 3.05) is 6.54 Å². The molecule has 2 aromatic rings. The summed E-state index contributed by atoms with van der Waals surface area (Å²) in [6.45, 7) is -0.450. The Morgan fingerprint density at radius 3 is 2.79 bits per heavy atom. The highest BCUT2D eigenvalue weighted by Crippen LogP contribution is 2.42. The topological polar surface area (TPSA) is 109 Å². The molecule has 1 aliphatic heterocycles. The molecule has 13 heteroatoms. The quantitative estimate of drug-likeness (QED) is 0.555. The molecule has 0 spiro atoms. The van der Waals surface area contributed by atoms with Crippen molar-refractivity contribution in [3.8, 4) is 0 Å². The Morgan fingerprint density at radius 1 is 1.35 bits per heavy atom. The van der Waals surface area contributed by atoms with Gasteiger partial charge in [0, 0.05) is 31.7 Å². The van der Waals surface area contributed by atoms with Gasteiger partial charge in [-0.2, -0.15) is 18.3 Å². The van der Waals surface area contributed by atoms with Gasteiger partial charge in [0.25, 0.3) is 0 Å². The van der Waals surface area contributed by atoms with Gasteiger partial charge in [-0.1, -0.05) is 0 Å². The first-order chi connectivity index (χ1) is 15.9. The van der Waals surface area contributed by atoms with Crippen LogP contribution in [0.3, 0.4) is 0 Å². The summed E-state index contributed by atoms with van der Waals surface area (Å²) in [5.41, 5.74) is 0.897. The zero-order valence-corrected chi connectivity index (χ0v) is 18.0. The van der Waals surface area contributed by atoms with Gasteiger partial charge in [-0.15, -0.1) is 0 Å². The van der Waals surface area contributed by atoms with Crippen LogP contribution in [0.4, 0.5) is 26.7 Å². The predicted octanol–water partition coefficient (Wildman–Crippen LogP) is 3.72. The largest absolute Gasteiger partial charge is 0.465 e. The molecule has 2 aromatic heterocycles. The second-order valence-corrected chi connectivity index (χ2v) is 9.05. The van der Waals surface area contributed by atoms with Gasteiger partial charge < -0.3 is 15.7 Å². The first-order valence-corrected chi connectivity index (χ1v) is 11.0. The number of fused-ring (bicyclic) bond motifs is 1. The number of nitrogens with zero attached hydrogens (tertiary/aromatic N) is 3. The molecule has 2 aliphatic rings. The number of hydrogen-bond acceptors (Lipinski definition) is 4. The molecule has 8 nitrogen and oxygen atoms in total. The van der Waals surface area contributed by atoms with E-state index in [0.29, 0.717) is 17.8 Å². The third kappa shape index (κ3) is 5.39. The van der Waals surface area contributed by atoms with Gasteiger partial charge in [0.05, 0.1) is 29.5 Å². The Morgan fingerprint density at radius 2 is 2.12 bits per heavy atom. The lowest BCUT2D eigenvalue weighted by molar-refractivity contribution is -0.183. The standard InChI is InChI=1S/C21H24F5N5O3/c22-20(23)5-1-2-11(8-20)17(29-19(33)34)15-10-31-16(28-15)4-3-14(30-31)7-12-6-13(21(24,25)26)9-27-18(12)32/h3-4,10-13,17,29H,1-2,5-9H2,(H,27,32)(H,33,34)/t11-,12?,13+,17-/m0/s1. The number of rotatable bonds is 5. The second kappa shape index (κ2) is 8.99. The van der Waals surface area contributed by atoms with Crippen LogP contribution in [0.5, 0.6) is 0 Å². The van der Waals surface area contributed by atoms with Crippen molar-refractivity contribution in [1.82, 2.24) is 25.2 Å². The van der Waals surface area contributed by atoms with Gasteiger partial charge in [0.15, 0.2) is 5.65 Å². The van der Waals surface area contributed by atoms with Crippen LogP contribution in [-0.4, -0.2) is 50.3 Å². The minimum Gasteiger partial charge on any atom is -0.465 e. The van der Waals surface area contributed by atoms with E-state index in [-0.39, 0.29) is 31.4 Å². The number of piperidine rings is 1. The molecule has 0 radical (unpaired) electrons. The Bertz CT molecular complexity index is 1070. The molecule has 1 saturated heterocycles. The summed E-state index contributed by atoms with van der Waals surface area (Å²) >= 11 is 0. The Balaban J connectivity index is 1.56. The lowest BCUT2D eigenvalue weighted by Gasteiger charge is -2.33. The normalized spacial score (nSPS) is 26.1. The van der Waals surface area contributed by atoms with E-state index in [2.05, 4.69) is 20.7 Å². The molecule has 1 saturated carbocycles. The van der Waals surface area contributed by atoms with Crippen molar-refractivity contribution in [2.24, 2.45) is 17.8 Å². The van der Waals surface area contributed by atoms with E-state index in [1.165, 1.54) is 16.8 Å². The average Bonchev–Trinajstić information content (AvgIpc) is 3.15. The van der Waals surface area contributed by atoms with Gasteiger partial charge >= 0.3 is 12.3 Å². The molecule has 1 unspecified atom stereocenters. The van der Waals surface area contributed by atoms with Crippen LogP contribution in [0.1, 0.15) is 49.5 Å². The zero-order valence-electron chi connectivity index (χ0n) is 18.0. The number of nitrogens with one attached hydrogen (secondary N) is 2. The molecule has 0 aromatic carbocycles. The number of carbonyl (C=O) groups excluding carboxylic acids is 1. The zero-order chi connectivity index (χ0) is 24.7. The van der Waals surface area contributed by atoms with E-state index in [1.807, 2.05) is 0 Å². The smallest absolute Gasteiger partial charge is 0.405 e. The summed E-state index contributed by atoms with van der Waals surface area (Å²) in [7, 11) is 0. The van der Waals surface area contributed by atoms with E-state index in [4.69, 9.17) is 0 Å². The number of hydrogen-bond donors (Lipinski definition) is 3. The van der Waals surface area contributed by atoms with Crippen LogP contribution >= 0.6 is 0 Å². The summed E-state index contributed by atoms with van der Waals surface area (Å²) in [6.07, 6.45) is -4.77. The molecular formula is C21H24F5N5O3. The molecule has 186 valence electrons. The Labute approximate surface area is 190 Å². The predicted molar refractivity (Wildman–Crippen MR) is 108 cm³/mol. The summed E-state index contributed by atoms with van der Waals surface area (Å²) in [5.74, 6) is -6.55. The van der Waals surface area contributed by atoms with Crippen LogP contribution in [0, 0.1) is 17.8 Å². The molecule has 3 N–H and O–H groups in total. The molecule has 1 aliphatic carbocycles. The van der Waals surface area contributed by atoms with Crippen LogP contribution in [0.15, 0.2) is 18.3 Å². The van der Waals surface area contributed by atoms with E-state index in [1.54, 1.807) is 6.07 Å². The number of carboxylic acid groups (broad SMARTS) is 1. The monoisotopic (exact) mass is 489 g/mol. The third-order valence-electron chi connectivity index (χ3n) is 6.52. The maximum Gasteiger partial charge on any atom is 0.405 e. The second-order valence-electron chi connectivity index (χ2n) is 9.05. The molecule has 2 amide bonds. The maximum absolute atomic E-state index is 14.0. The average molecular weight is 489 g/mol. The van der Waals surface area contributed by atoms with Crippen molar-refractivity contribution < 1.29 is 36.6 Å². The molecule has 0 bridgehead atoms. The fourth-order valence-electron chi connectivity index (χ4n) is 4.84. The molecular weight excluding hydrogens is 465 g/mol. The number of imidazole rings is 1. The molecule has 3 heterocycles. The molecule has 4 rings (SSSR count). The minimum absolute atomic E-state index is 0.0203. The van der Waals surface area contributed by atoms with Crippen LogP contribution in [-0.2, 0) is 11.2 Å². The number of alkyl halides is 5. The third-order valence-corrected chi connectivity index (χ3v) is 6.52. The summed E-state index contributed by atoms with van der Waals surface area (Å²) in [4.78, 5) is 27.8. The number of carbonyl (C=O) groups is 2. The molecule has 2 fully saturated rings. The van der Waals surface area contributed by atoms with Gasteiger partial charge in [-0.3, -0.25) is 4.79 Å². The first-order valence-electron chi connectivity index (χ1n) is 11.0. The number of aromatic nitrogens is 3. The van der Waals surface area contributed by atoms with Gasteiger partial charge in [-0.25, -0.2) is 23.1 Å². The van der Waals surface area contributed by atoms with E-state index in [0.717, 1.165) is 0 Å². The lowest BCUT2D eigenvalue weighted by Crippen LogP contribution is -2.47. The van der Waals surface area contributed by atoms with Crippen LogP contribution in [0.25, 0.3) is 5.65 Å². The van der Waals surface area contributed by atoms with E-state index < -0.39 is 60.9 Å². The van der Waals surface area contributed by atoms with Crippen LogP contribution < -0.4 is 10.6 Å². The molecule has 34 heavy (non-hydrogen) atoms. The summed E-state index contributed by atoms with van der Waals surface area (Å²) in [5, 5.41) is 18.1. The van der Waals surface area contributed by atoms with Crippen LogP contribution in [0.2, 0.25) is 0 Å². The lowest BCUT2D eigenvalue weighted by atomic mass is 9.81. The Kier molecular flexibility index (Phi) is 6.38. The van der Waals surface area contributed by atoms with E-state index >= 15 is 0 Å². The van der Waals surface area contributed by atoms with Crippen molar-refractivity contribution >= 4 is 17.6 Å². The number of amides is 2. The van der Waals surface area contributed by atoms with Crippen molar-refractivity contribution in [1.29, 1.82) is 0 Å². The van der Waals surface area contributed by atoms with Crippen molar-refractivity contribution in [2.45, 2.75) is 56.7 Å². The van der Waals surface area contributed by atoms with Crippen molar-refractivity contribution in [3.63, 3.8) is 0 Å².